The van der Waals surface area contributed by atoms with Crippen LogP contribution in [-0.2, 0) is 4.74 Å². The number of aliphatic imine (C=N–C) groups is 1. The molecule has 45 heavy (non-hydrogen) atoms. The third-order valence-corrected chi connectivity index (χ3v) is 8.03. The summed E-state index contributed by atoms with van der Waals surface area (Å²) in [6.07, 6.45) is 10.2. The van der Waals surface area contributed by atoms with Crippen LogP contribution in [0.25, 0.3) is 33.4 Å². The molecule has 0 spiro atoms. The molecule has 1 atom stereocenters. The average Bonchev–Trinajstić information content (AvgIpc) is 3.65. The van der Waals surface area contributed by atoms with Crippen LogP contribution in [-0.4, -0.2) is 57.3 Å². The Morgan fingerprint density at radius 1 is 1.09 bits per heavy atom. The van der Waals surface area contributed by atoms with E-state index in [0.717, 1.165) is 48.3 Å². The number of hydrogen-bond donors (Lipinski definition) is 2. The molecule has 1 unspecified atom stereocenters. The summed E-state index contributed by atoms with van der Waals surface area (Å²) in [4.78, 5) is 20.2. The lowest BCUT2D eigenvalue weighted by molar-refractivity contribution is 0.0964. The number of halogens is 1. The van der Waals surface area contributed by atoms with E-state index in [-0.39, 0.29) is 31.0 Å². The second-order valence-electron chi connectivity index (χ2n) is 11.3. The monoisotopic (exact) mass is 609 g/mol. The fourth-order valence-corrected chi connectivity index (χ4v) is 5.78. The molecule has 0 saturated carbocycles. The third-order valence-electron chi connectivity index (χ3n) is 8.03. The SMILES string of the molecule is CNC(=O)c1c(-c2ccc(F)cc2)oc2cc(N(C)C)c(-c3ccc(OCCO)c(C4=NC5CCCCC=CC=C5O4)c3)cc12. The molecule has 1 aliphatic carbocycles. The van der Waals surface area contributed by atoms with Crippen molar-refractivity contribution in [2.24, 2.45) is 4.99 Å². The fourth-order valence-electron chi connectivity index (χ4n) is 5.78. The molecule has 1 amide bonds. The van der Waals surface area contributed by atoms with Gasteiger partial charge >= 0.3 is 0 Å². The summed E-state index contributed by atoms with van der Waals surface area (Å²) >= 11 is 0. The lowest BCUT2D eigenvalue weighted by Gasteiger charge is -2.19. The van der Waals surface area contributed by atoms with Crippen LogP contribution in [0.5, 0.6) is 5.75 Å². The van der Waals surface area contributed by atoms with Gasteiger partial charge in [-0.15, -0.1) is 0 Å². The van der Waals surface area contributed by atoms with Crippen molar-refractivity contribution in [3.05, 3.63) is 95.5 Å². The van der Waals surface area contributed by atoms with Gasteiger partial charge in [-0.3, -0.25) is 4.79 Å². The number of carbonyl (C=O) groups excluding carboxylic acids is 1. The Hall–Kier alpha value is -4.89. The molecular formula is C36H36FN3O5. The molecule has 8 nitrogen and oxygen atoms in total. The Labute approximate surface area is 261 Å². The van der Waals surface area contributed by atoms with Crippen LogP contribution in [0.2, 0.25) is 0 Å². The van der Waals surface area contributed by atoms with Crippen LogP contribution in [0.15, 0.2) is 88.0 Å². The Bertz CT molecular complexity index is 1820. The zero-order chi connectivity index (χ0) is 31.5. The number of ether oxygens (including phenoxy) is 2. The molecule has 1 aromatic heterocycles. The first-order chi connectivity index (χ1) is 21.9. The van der Waals surface area contributed by atoms with Gasteiger partial charge < -0.3 is 29.2 Å². The summed E-state index contributed by atoms with van der Waals surface area (Å²) < 4.78 is 32.3. The number of anilines is 1. The van der Waals surface area contributed by atoms with Crippen molar-refractivity contribution in [2.75, 3.05) is 39.3 Å². The van der Waals surface area contributed by atoms with Gasteiger partial charge in [0.15, 0.2) is 0 Å². The number of aliphatic hydroxyl groups is 1. The van der Waals surface area contributed by atoms with Gasteiger partial charge in [-0.25, -0.2) is 9.38 Å². The van der Waals surface area contributed by atoms with Crippen molar-refractivity contribution in [3.8, 4) is 28.2 Å². The van der Waals surface area contributed by atoms with E-state index in [1.54, 1.807) is 19.2 Å². The van der Waals surface area contributed by atoms with Crippen molar-refractivity contribution >= 4 is 28.5 Å². The number of fused-ring (bicyclic) bond motifs is 2. The van der Waals surface area contributed by atoms with Gasteiger partial charge in [0.05, 0.1) is 17.7 Å². The van der Waals surface area contributed by atoms with Crippen LogP contribution >= 0.6 is 0 Å². The third kappa shape index (κ3) is 6.08. The smallest absolute Gasteiger partial charge is 0.255 e. The predicted octanol–water partition coefficient (Wildman–Crippen LogP) is 6.86. The highest BCUT2D eigenvalue weighted by Gasteiger charge is 2.29. The number of amides is 1. The number of nitrogens with zero attached hydrogens (tertiary/aromatic N) is 2. The summed E-state index contributed by atoms with van der Waals surface area (Å²) in [7, 11) is 5.45. The standard InChI is InChI=1S/C36H36FN3O5/c1-38-35(42)33-26-20-25(29(40(2)3)21-32(26)44-34(33)22-11-14-24(37)15-12-22)23-13-16-30(43-18-17-41)27(19-23)36-39-28-9-7-5-4-6-8-10-31(28)45-36/h6,8,10-16,19-21,28,41H,4-5,7,9,17-18H2,1-3H3,(H,38,42). The number of hydrogen-bond acceptors (Lipinski definition) is 7. The molecule has 0 bridgehead atoms. The van der Waals surface area contributed by atoms with E-state index >= 15 is 0 Å². The molecule has 232 valence electrons. The fraction of sp³-hybridized carbons (Fsp3) is 0.278. The first kappa shape index (κ1) is 30.1. The normalized spacial score (nSPS) is 16.2. The summed E-state index contributed by atoms with van der Waals surface area (Å²) in [5, 5.41) is 12.8. The van der Waals surface area contributed by atoms with E-state index in [1.807, 2.05) is 61.5 Å². The lowest BCUT2D eigenvalue weighted by atomic mass is 9.96. The van der Waals surface area contributed by atoms with Gasteiger partial charge in [0.2, 0.25) is 5.90 Å². The van der Waals surface area contributed by atoms with Crippen LogP contribution in [0.4, 0.5) is 10.1 Å². The first-order valence-corrected chi connectivity index (χ1v) is 15.1. The minimum atomic E-state index is -0.375. The highest BCUT2D eigenvalue weighted by atomic mass is 19.1. The Morgan fingerprint density at radius 2 is 1.89 bits per heavy atom. The molecule has 4 aromatic rings. The molecule has 2 heterocycles. The molecule has 6 rings (SSSR count). The van der Waals surface area contributed by atoms with E-state index in [9.17, 15) is 14.3 Å². The Kier molecular flexibility index (Phi) is 8.71. The van der Waals surface area contributed by atoms with Gasteiger partial charge in [-0.1, -0.05) is 24.6 Å². The number of nitrogens with one attached hydrogen (secondary N) is 1. The minimum absolute atomic E-state index is 0.0725. The summed E-state index contributed by atoms with van der Waals surface area (Å²) in [6.45, 7) is -0.00619. The van der Waals surface area contributed by atoms with Gasteiger partial charge in [-0.2, -0.15) is 0 Å². The number of aliphatic hydroxyl groups excluding tert-OH is 1. The van der Waals surface area contributed by atoms with Gasteiger partial charge in [0.1, 0.15) is 41.3 Å². The van der Waals surface area contributed by atoms with E-state index in [4.69, 9.17) is 18.9 Å². The van der Waals surface area contributed by atoms with Crippen LogP contribution < -0.4 is 15.0 Å². The van der Waals surface area contributed by atoms with E-state index in [0.29, 0.717) is 45.1 Å². The summed E-state index contributed by atoms with van der Waals surface area (Å²) in [5.41, 5.74) is 4.72. The minimum Gasteiger partial charge on any atom is -0.490 e. The maximum Gasteiger partial charge on any atom is 0.255 e. The molecule has 0 radical (unpaired) electrons. The lowest BCUT2D eigenvalue weighted by Crippen LogP contribution is -2.18. The van der Waals surface area contributed by atoms with Crippen LogP contribution in [0.1, 0.15) is 41.6 Å². The topological polar surface area (TPSA) is 96.5 Å². The molecular weight excluding hydrogens is 573 g/mol. The molecule has 2 N–H and O–H groups in total. The summed E-state index contributed by atoms with van der Waals surface area (Å²) in [5.74, 6) is 1.50. The second-order valence-corrected chi connectivity index (χ2v) is 11.3. The van der Waals surface area contributed by atoms with Gasteiger partial charge in [0.25, 0.3) is 5.91 Å². The van der Waals surface area contributed by atoms with Crippen LogP contribution in [0.3, 0.4) is 0 Å². The second kappa shape index (κ2) is 13.0. The Balaban J connectivity index is 1.51. The molecule has 1 aliphatic heterocycles. The zero-order valence-electron chi connectivity index (χ0n) is 25.6. The maximum absolute atomic E-state index is 13.7. The van der Waals surface area contributed by atoms with Gasteiger partial charge in [0, 0.05) is 49.4 Å². The highest BCUT2D eigenvalue weighted by molar-refractivity contribution is 6.13. The quantitative estimate of drug-likeness (QED) is 0.227. The number of furan rings is 1. The summed E-state index contributed by atoms with van der Waals surface area (Å²) in [6, 6.07) is 15.4. The predicted molar refractivity (Wildman–Crippen MR) is 174 cm³/mol. The zero-order valence-corrected chi connectivity index (χ0v) is 25.6. The van der Waals surface area contributed by atoms with Crippen molar-refractivity contribution in [2.45, 2.75) is 31.7 Å². The maximum atomic E-state index is 13.7. The number of rotatable bonds is 8. The van der Waals surface area contributed by atoms with Crippen molar-refractivity contribution in [3.63, 3.8) is 0 Å². The van der Waals surface area contributed by atoms with E-state index in [2.05, 4.69) is 11.4 Å². The average molecular weight is 610 g/mol. The number of carbonyl (C=O) groups is 1. The van der Waals surface area contributed by atoms with Gasteiger partial charge in [-0.05, 0) is 73.4 Å². The van der Waals surface area contributed by atoms with Crippen molar-refractivity contribution in [1.82, 2.24) is 5.32 Å². The highest BCUT2D eigenvalue weighted by Crippen LogP contribution is 2.42. The number of benzene rings is 3. The molecule has 3 aromatic carbocycles. The van der Waals surface area contributed by atoms with Crippen LogP contribution in [0, 0.1) is 5.82 Å². The Morgan fingerprint density at radius 3 is 2.64 bits per heavy atom. The molecule has 9 heteroatoms. The molecule has 0 fully saturated rings. The van der Waals surface area contributed by atoms with E-state index < -0.39 is 0 Å². The van der Waals surface area contributed by atoms with E-state index in [1.165, 1.54) is 12.1 Å². The molecule has 2 aliphatic rings. The molecule has 0 saturated heterocycles. The largest absolute Gasteiger partial charge is 0.490 e. The van der Waals surface area contributed by atoms with Crippen molar-refractivity contribution in [1.29, 1.82) is 0 Å². The first-order valence-electron chi connectivity index (χ1n) is 15.1. The number of allylic oxidation sites excluding steroid dienone is 3. The van der Waals surface area contributed by atoms with Crippen molar-refractivity contribution < 1.29 is 28.2 Å².